The van der Waals surface area contributed by atoms with Crippen LogP contribution in [-0.4, -0.2) is 9.97 Å². The second-order valence-electron chi connectivity index (χ2n) is 8.71. The minimum atomic E-state index is 0.972. The molecule has 1 heterocycles. The summed E-state index contributed by atoms with van der Waals surface area (Å²) in [4.78, 5) is 7.55. The number of aromatic amines is 1. The minimum Gasteiger partial charge on any atom is -0.349 e. The van der Waals surface area contributed by atoms with Gasteiger partial charge in [-0.15, -0.1) is 0 Å². The number of hydrogen-bond acceptors (Lipinski definition) is 1. The van der Waals surface area contributed by atoms with Gasteiger partial charge in [-0.1, -0.05) is 122 Å². The van der Waals surface area contributed by atoms with Crippen LogP contribution < -0.4 is 0 Å². The molecule has 0 radical (unpaired) electrons. The molecule has 2 nitrogen and oxygen atoms in total. The molecule has 0 bridgehead atoms. The second-order valence-corrected chi connectivity index (χ2v) is 8.71. The van der Waals surface area contributed by atoms with Crippen LogP contribution in [0.15, 0.2) is 37.2 Å². The predicted octanol–water partition coefficient (Wildman–Crippen LogP) is 8.96. The molecule has 1 rings (SSSR count). The molecule has 0 saturated heterocycles. The van der Waals surface area contributed by atoms with E-state index < -0.39 is 0 Å². The summed E-state index contributed by atoms with van der Waals surface area (Å²) in [6, 6.07) is 0. The van der Waals surface area contributed by atoms with E-state index in [1.807, 2.05) is 18.5 Å². The Morgan fingerprint density at radius 1 is 0.862 bits per heavy atom. The number of aryl methyl sites for hydroxylation is 1. The zero-order valence-electron chi connectivity index (χ0n) is 19.3. The maximum atomic E-state index is 4.33. The lowest BCUT2D eigenvalue weighted by Gasteiger charge is -2.17. The van der Waals surface area contributed by atoms with E-state index in [1.54, 1.807) is 0 Å². The Labute approximate surface area is 181 Å². The van der Waals surface area contributed by atoms with Crippen LogP contribution in [0.4, 0.5) is 0 Å². The third-order valence-electron chi connectivity index (χ3n) is 6.05. The first-order valence-corrected chi connectivity index (χ1v) is 12.6. The Balaban J connectivity index is 2.07. The summed E-state index contributed by atoms with van der Waals surface area (Å²) in [5, 5.41) is 0. The normalized spacial score (nSPS) is 12.6. The number of nitrogens with one attached hydrogen (secondary N) is 1. The van der Waals surface area contributed by atoms with Crippen LogP contribution in [0.5, 0.6) is 0 Å². The summed E-state index contributed by atoms with van der Waals surface area (Å²) in [5.41, 5.74) is 0. The van der Waals surface area contributed by atoms with Crippen LogP contribution in [0.3, 0.4) is 0 Å². The quantitative estimate of drug-likeness (QED) is 0.162. The number of H-pyrrole nitrogens is 1. The molecule has 0 spiro atoms. The van der Waals surface area contributed by atoms with Gasteiger partial charge in [-0.3, -0.25) is 0 Å². The summed E-state index contributed by atoms with van der Waals surface area (Å²) in [5.74, 6) is 2.12. The lowest BCUT2D eigenvalue weighted by molar-refractivity contribution is 0.367. The predicted molar refractivity (Wildman–Crippen MR) is 129 cm³/mol. The third-order valence-corrected chi connectivity index (χ3v) is 6.05. The second kappa shape index (κ2) is 20.0. The fourth-order valence-corrected chi connectivity index (χ4v) is 4.22. The minimum absolute atomic E-state index is 0.972. The topological polar surface area (TPSA) is 28.7 Å². The molecule has 0 aromatic carbocycles. The van der Waals surface area contributed by atoms with Crippen molar-refractivity contribution < 1.29 is 0 Å². The van der Waals surface area contributed by atoms with E-state index in [0.717, 1.165) is 18.2 Å². The summed E-state index contributed by atoms with van der Waals surface area (Å²) >= 11 is 0. The molecule has 2 heteroatoms. The van der Waals surface area contributed by atoms with E-state index in [0.29, 0.717) is 0 Å². The van der Waals surface area contributed by atoms with Gasteiger partial charge in [0.2, 0.25) is 0 Å². The number of rotatable bonds is 21. The molecule has 0 aliphatic heterocycles. The van der Waals surface area contributed by atoms with Crippen LogP contribution in [0.2, 0.25) is 0 Å². The average Bonchev–Trinajstić information content (AvgIpc) is 3.25. The average molecular weight is 401 g/mol. The van der Waals surface area contributed by atoms with Crippen LogP contribution in [0.25, 0.3) is 0 Å². The van der Waals surface area contributed by atoms with Crippen LogP contribution in [0.1, 0.15) is 122 Å². The third kappa shape index (κ3) is 16.2. The first-order chi connectivity index (χ1) is 14.4. The molecular formula is C27H48N2. The van der Waals surface area contributed by atoms with Crippen molar-refractivity contribution in [3.8, 4) is 0 Å². The van der Waals surface area contributed by atoms with Gasteiger partial charge in [0, 0.05) is 18.8 Å². The highest BCUT2D eigenvalue weighted by Gasteiger charge is 2.09. The highest BCUT2D eigenvalue weighted by atomic mass is 14.9. The summed E-state index contributed by atoms with van der Waals surface area (Å²) < 4.78 is 0. The van der Waals surface area contributed by atoms with Crippen LogP contribution >= 0.6 is 0 Å². The number of aromatic nitrogens is 2. The van der Waals surface area contributed by atoms with E-state index in [4.69, 9.17) is 0 Å². The molecule has 1 aromatic rings. The molecule has 166 valence electrons. The lowest BCUT2D eigenvalue weighted by Crippen LogP contribution is -2.02. The maximum Gasteiger partial charge on any atom is 0.105 e. The van der Waals surface area contributed by atoms with Gasteiger partial charge in [-0.05, 0) is 25.2 Å². The van der Waals surface area contributed by atoms with Crippen molar-refractivity contribution in [2.24, 2.45) is 5.92 Å². The van der Waals surface area contributed by atoms with Crippen molar-refractivity contribution in [1.82, 2.24) is 9.97 Å². The standard InChI is InChI=1S/C27H48N2/c1-3-5-7-9-10-11-12-13-14-17-21-26(20-16-8-6-4-2)22-18-15-19-23-27-28-24-25-29-27/h3,5,7,24-26H,1,4,6,8-23H2,2H3,(H,28,29). The lowest BCUT2D eigenvalue weighted by atomic mass is 9.89. The molecule has 0 aliphatic carbocycles. The number of unbranched alkanes of at least 4 members (excludes halogenated alkanes) is 11. The van der Waals surface area contributed by atoms with E-state index >= 15 is 0 Å². The fourth-order valence-electron chi connectivity index (χ4n) is 4.22. The van der Waals surface area contributed by atoms with Crippen molar-refractivity contribution in [3.05, 3.63) is 43.0 Å². The summed E-state index contributed by atoms with van der Waals surface area (Å²) in [6.45, 7) is 6.03. The van der Waals surface area contributed by atoms with Crippen molar-refractivity contribution in [3.63, 3.8) is 0 Å². The van der Waals surface area contributed by atoms with Crippen LogP contribution in [-0.2, 0) is 6.42 Å². The highest BCUT2D eigenvalue weighted by Crippen LogP contribution is 2.24. The smallest absolute Gasteiger partial charge is 0.105 e. The maximum absolute atomic E-state index is 4.33. The van der Waals surface area contributed by atoms with Gasteiger partial charge in [-0.25, -0.2) is 4.98 Å². The monoisotopic (exact) mass is 400 g/mol. The van der Waals surface area contributed by atoms with Gasteiger partial charge in [0.15, 0.2) is 0 Å². The molecule has 0 amide bonds. The van der Waals surface area contributed by atoms with Crippen LogP contribution in [0, 0.1) is 5.92 Å². The van der Waals surface area contributed by atoms with Gasteiger partial charge in [0.05, 0.1) is 0 Å². The molecular weight excluding hydrogens is 352 g/mol. The highest BCUT2D eigenvalue weighted by molar-refractivity contribution is 4.96. The number of hydrogen-bond donors (Lipinski definition) is 1. The Hall–Kier alpha value is -1.31. The summed E-state index contributed by atoms with van der Waals surface area (Å²) in [6.07, 6.45) is 34.8. The first kappa shape index (κ1) is 25.7. The van der Waals surface area contributed by atoms with Crippen molar-refractivity contribution in [2.45, 2.75) is 122 Å². The van der Waals surface area contributed by atoms with E-state index in [2.05, 4.69) is 35.6 Å². The molecule has 1 aromatic heterocycles. The first-order valence-electron chi connectivity index (χ1n) is 12.6. The zero-order chi connectivity index (χ0) is 20.8. The Morgan fingerprint density at radius 3 is 2.10 bits per heavy atom. The van der Waals surface area contributed by atoms with Crippen molar-refractivity contribution in [2.75, 3.05) is 0 Å². The molecule has 0 aliphatic rings. The van der Waals surface area contributed by atoms with Crippen molar-refractivity contribution in [1.29, 1.82) is 0 Å². The SMILES string of the molecule is C=CC=CCCCCCCCCC(CCCCCC)CCCCCc1ncc[nH]1. The zero-order valence-corrected chi connectivity index (χ0v) is 19.3. The molecule has 1 N–H and O–H groups in total. The van der Waals surface area contributed by atoms with E-state index in [9.17, 15) is 0 Å². The van der Waals surface area contributed by atoms with Gasteiger partial charge >= 0.3 is 0 Å². The molecule has 1 unspecified atom stereocenters. The molecule has 1 atom stereocenters. The number of allylic oxidation sites excluding steroid dienone is 3. The Kier molecular flexibility index (Phi) is 17.7. The molecule has 0 fully saturated rings. The van der Waals surface area contributed by atoms with Gasteiger partial charge in [0.1, 0.15) is 5.82 Å². The molecule has 29 heavy (non-hydrogen) atoms. The van der Waals surface area contributed by atoms with Gasteiger partial charge in [0.25, 0.3) is 0 Å². The Bertz CT molecular complexity index is 475. The number of imidazole rings is 1. The fraction of sp³-hybridized carbons (Fsp3) is 0.741. The van der Waals surface area contributed by atoms with Gasteiger partial charge < -0.3 is 4.98 Å². The number of nitrogens with zero attached hydrogens (tertiary/aromatic N) is 1. The Morgan fingerprint density at radius 2 is 1.48 bits per heavy atom. The van der Waals surface area contributed by atoms with E-state index in [-0.39, 0.29) is 0 Å². The summed E-state index contributed by atoms with van der Waals surface area (Å²) in [7, 11) is 0. The van der Waals surface area contributed by atoms with Crippen molar-refractivity contribution >= 4 is 0 Å². The largest absolute Gasteiger partial charge is 0.349 e. The van der Waals surface area contributed by atoms with E-state index in [1.165, 1.54) is 109 Å². The molecule has 0 saturated carbocycles. The van der Waals surface area contributed by atoms with Gasteiger partial charge in [-0.2, -0.15) is 0 Å².